The molecule has 1 unspecified atom stereocenters. The zero-order valence-electron chi connectivity index (χ0n) is 18.2. The second-order valence-electron chi connectivity index (χ2n) is 7.93. The van der Waals surface area contributed by atoms with Gasteiger partial charge in [0.2, 0.25) is 0 Å². The van der Waals surface area contributed by atoms with Crippen LogP contribution in [0.25, 0.3) is 11.1 Å². The number of fused-ring (bicyclic) bond motifs is 3. The molecule has 0 bridgehead atoms. The van der Waals surface area contributed by atoms with Crippen LogP contribution < -0.4 is 5.32 Å². The van der Waals surface area contributed by atoms with Crippen molar-refractivity contribution in [1.82, 2.24) is 10.2 Å². The van der Waals surface area contributed by atoms with E-state index in [1.165, 1.54) is 23.8 Å². The van der Waals surface area contributed by atoms with Crippen LogP contribution >= 0.6 is 11.8 Å². The molecule has 0 spiro atoms. The monoisotopic (exact) mass is 470 g/mol. The van der Waals surface area contributed by atoms with E-state index in [1.54, 1.807) is 0 Å². The number of carboxylic acid groups (broad SMARTS) is 1. The number of hydrogen-bond donors (Lipinski definition) is 2. The highest BCUT2D eigenvalue weighted by Gasteiger charge is 2.37. The van der Waals surface area contributed by atoms with Crippen LogP contribution in [0.1, 0.15) is 23.5 Å². The summed E-state index contributed by atoms with van der Waals surface area (Å²) in [5.74, 6) is -0.772. The van der Waals surface area contributed by atoms with Crippen molar-refractivity contribution < 1.29 is 29.0 Å². The van der Waals surface area contributed by atoms with Gasteiger partial charge in [-0.3, -0.25) is 4.79 Å². The lowest BCUT2D eigenvalue weighted by molar-refractivity contribution is -0.152. The maximum atomic E-state index is 12.7. The number of methoxy groups -OCH3 is 1. The molecule has 0 aromatic heterocycles. The van der Waals surface area contributed by atoms with Crippen LogP contribution in [-0.4, -0.2) is 72.0 Å². The van der Waals surface area contributed by atoms with Crippen LogP contribution in [0.3, 0.4) is 0 Å². The van der Waals surface area contributed by atoms with Crippen molar-refractivity contribution in [3.05, 3.63) is 59.7 Å². The van der Waals surface area contributed by atoms with E-state index in [4.69, 9.17) is 9.47 Å². The molecule has 2 aromatic carbocycles. The maximum absolute atomic E-state index is 12.7. The van der Waals surface area contributed by atoms with Crippen molar-refractivity contribution in [1.29, 1.82) is 0 Å². The minimum atomic E-state index is -1.03. The molecule has 0 radical (unpaired) electrons. The second-order valence-corrected chi connectivity index (χ2v) is 8.93. The highest BCUT2D eigenvalue weighted by molar-refractivity contribution is 7.99. The fraction of sp³-hybridized carbons (Fsp3) is 0.375. The van der Waals surface area contributed by atoms with Gasteiger partial charge in [-0.15, -0.1) is 11.8 Å². The number of hydrogen-bond acceptors (Lipinski definition) is 6. The van der Waals surface area contributed by atoms with Crippen molar-refractivity contribution in [2.24, 2.45) is 0 Å². The first-order valence-electron chi connectivity index (χ1n) is 10.7. The van der Waals surface area contributed by atoms with Crippen LogP contribution in [0.2, 0.25) is 0 Å². The summed E-state index contributed by atoms with van der Waals surface area (Å²) in [7, 11) is 1.40. The van der Waals surface area contributed by atoms with Gasteiger partial charge in [-0.25, -0.2) is 9.59 Å². The standard InChI is InChI=1S/C24H26N2O6S/c1-31-21(22(27)26-14-33-13-20(26)23(28)29)10-11-25-24(30)32-12-19-17-8-4-2-6-15(17)16-7-3-5-9-18(16)19/h2-9,19-21H,10-14H2,1H3,(H,25,30)(H,28,29)/t20-,21?/m0/s1. The van der Waals surface area contributed by atoms with E-state index in [0.29, 0.717) is 11.6 Å². The van der Waals surface area contributed by atoms with Gasteiger partial charge in [0, 0.05) is 31.7 Å². The Bertz CT molecular complexity index is 1000. The number of rotatable bonds is 8. The molecule has 2 amide bonds. The maximum Gasteiger partial charge on any atom is 0.407 e. The van der Waals surface area contributed by atoms with Crippen molar-refractivity contribution >= 4 is 29.7 Å². The number of aliphatic carboxylic acids is 1. The molecule has 9 heteroatoms. The zero-order valence-corrected chi connectivity index (χ0v) is 19.0. The summed E-state index contributed by atoms with van der Waals surface area (Å²) < 4.78 is 10.8. The van der Waals surface area contributed by atoms with Gasteiger partial charge in [0.05, 0.1) is 5.88 Å². The predicted octanol–water partition coefficient (Wildman–Crippen LogP) is 2.92. The van der Waals surface area contributed by atoms with E-state index in [-0.39, 0.29) is 31.4 Å². The quantitative estimate of drug-likeness (QED) is 0.611. The van der Waals surface area contributed by atoms with Gasteiger partial charge in [0.1, 0.15) is 18.8 Å². The molecule has 2 aromatic rings. The predicted molar refractivity (Wildman–Crippen MR) is 124 cm³/mol. The molecule has 1 heterocycles. The number of alkyl carbamates (subject to hydrolysis) is 1. The van der Waals surface area contributed by atoms with Crippen LogP contribution in [0, 0.1) is 0 Å². The van der Waals surface area contributed by atoms with Gasteiger partial charge in [-0.1, -0.05) is 48.5 Å². The number of thioether (sulfide) groups is 1. The van der Waals surface area contributed by atoms with Crippen molar-refractivity contribution in [3.8, 4) is 11.1 Å². The lowest BCUT2D eigenvalue weighted by Crippen LogP contribution is -2.47. The zero-order chi connectivity index (χ0) is 23.4. The van der Waals surface area contributed by atoms with Crippen molar-refractivity contribution in [2.75, 3.05) is 31.9 Å². The fourth-order valence-corrected chi connectivity index (χ4v) is 5.50. The molecule has 2 N–H and O–H groups in total. The SMILES string of the molecule is COC(CCNC(=O)OCC1c2ccccc2-c2ccccc21)C(=O)N1CSC[C@H]1C(=O)O. The molecular formula is C24H26N2O6S. The van der Waals surface area contributed by atoms with Gasteiger partial charge >= 0.3 is 12.1 Å². The van der Waals surface area contributed by atoms with Gasteiger partial charge in [-0.05, 0) is 22.3 Å². The first-order chi connectivity index (χ1) is 16.0. The lowest BCUT2D eigenvalue weighted by atomic mass is 9.98. The summed E-state index contributed by atoms with van der Waals surface area (Å²) >= 11 is 1.39. The van der Waals surface area contributed by atoms with Gasteiger partial charge in [0.15, 0.2) is 0 Å². The van der Waals surface area contributed by atoms with Crippen molar-refractivity contribution in [3.63, 3.8) is 0 Å². The molecule has 1 aliphatic heterocycles. The molecule has 1 fully saturated rings. The Kier molecular flexibility index (Phi) is 7.20. The van der Waals surface area contributed by atoms with Crippen LogP contribution in [0.5, 0.6) is 0 Å². The highest BCUT2D eigenvalue weighted by atomic mass is 32.2. The van der Waals surface area contributed by atoms with Crippen LogP contribution in [0.15, 0.2) is 48.5 Å². The lowest BCUT2D eigenvalue weighted by Gasteiger charge is -2.25. The molecule has 2 atom stereocenters. The first-order valence-corrected chi connectivity index (χ1v) is 11.9. The summed E-state index contributed by atoms with van der Waals surface area (Å²) in [6.07, 6.45) is -1.19. The third-order valence-electron chi connectivity index (χ3n) is 6.03. The van der Waals surface area contributed by atoms with E-state index in [2.05, 4.69) is 29.6 Å². The van der Waals surface area contributed by atoms with Crippen LogP contribution in [-0.2, 0) is 19.1 Å². The van der Waals surface area contributed by atoms with Crippen molar-refractivity contribution in [2.45, 2.75) is 24.5 Å². The van der Waals surface area contributed by atoms with E-state index in [9.17, 15) is 19.5 Å². The Balaban J connectivity index is 1.29. The average molecular weight is 471 g/mol. The third kappa shape index (κ3) is 4.84. The molecule has 0 saturated carbocycles. The molecule has 4 rings (SSSR count). The largest absolute Gasteiger partial charge is 0.480 e. The van der Waals surface area contributed by atoms with E-state index in [1.807, 2.05) is 24.3 Å². The number of ether oxygens (including phenoxy) is 2. The number of benzene rings is 2. The summed E-state index contributed by atoms with van der Waals surface area (Å²) in [5.41, 5.74) is 4.58. The minimum Gasteiger partial charge on any atom is -0.480 e. The number of carboxylic acids is 1. The number of carbonyl (C=O) groups excluding carboxylic acids is 2. The van der Waals surface area contributed by atoms with Gasteiger partial charge < -0.3 is 24.8 Å². The number of amides is 2. The summed E-state index contributed by atoms with van der Waals surface area (Å²) in [4.78, 5) is 37.6. The molecule has 174 valence electrons. The van der Waals surface area contributed by atoms with E-state index < -0.39 is 24.2 Å². The second kappa shape index (κ2) is 10.3. The molecule has 33 heavy (non-hydrogen) atoms. The number of carbonyl (C=O) groups is 3. The average Bonchev–Trinajstić information content (AvgIpc) is 3.44. The smallest absolute Gasteiger partial charge is 0.407 e. The van der Waals surface area contributed by atoms with E-state index >= 15 is 0 Å². The Morgan fingerprint density at radius 2 is 1.76 bits per heavy atom. The van der Waals surface area contributed by atoms with Gasteiger partial charge in [0.25, 0.3) is 5.91 Å². The number of nitrogens with one attached hydrogen (secondary N) is 1. The number of nitrogens with zero attached hydrogens (tertiary/aromatic N) is 1. The third-order valence-corrected chi connectivity index (χ3v) is 7.04. The summed E-state index contributed by atoms with van der Waals surface area (Å²) in [6, 6.07) is 15.4. The fourth-order valence-electron chi connectivity index (χ4n) is 4.35. The normalized spacial score (nSPS) is 17.8. The molecular weight excluding hydrogens is 444 g/mol. The summed E-state index contributed by atoms with van der Waals surface area (Å²) in [6.45, 7) is 0.372. The molecule has 1 aliphatic carbocycles. The van der Waals surface area contributed by atoms with Gasteiger partial charge in [-0.2, -0.15) is 0 Å². The van der Waals surface area contributed by atoms with E-state index in [0.717, 1.165) is 22.3 Å². The summed E-state index contributed by atoms with van der Waals surface area (Å²) in [5, 5.41) is 12.0. The molecule has 2 aliphatic rings. The highest BCUT2D eigenvalue weighted by Crippen LogP contribution is 2.44. The molecule has 8 nitrogen and oxygen atoms in total. The topological polar surface area (TPSA) is 105 Å². The van der Waals surface area contributed by atoms with Crippen LogP contribution in [0.4, 0.5) is 4.79 Å². The Labute approximate surface area is 196 Å². The molecule has 1 saturated heterocycles. The Morgan fingerprint density at radius 1 is 1.12 bits per heavy atom. The first kappa shape index (κ1) is 23.1. The Morgan fingerprint density at radius 3 is 2.36 bits per heavy atom. The Hall–Kier alpha value is -3.04. The minimum absolute atomic E-state index is 0.0305.